The average molecular weight is 153 g/mol. The van der Waals surface area contributed by atoms with Crippen LogP contribution in [0.1, 0.15) is 6.42 Å². The standard InChI is InChI=1S/C8H11NO2/c1-2-7(4-3-5-9)6-8(10)11/h2-5H,1,6,9H2,(H,10,11)/b5-3+,7-4+. The average Bonchev–Trinajstić information content (AvgIpc) is 1.97. The molecule has 0 unspecified atom stereocenters. The van der Waals surface area contributed by atoms with Gasteiger partial charge in [-0.3, -0.25) is 4.79 Å². The number of carbonyl (C=O) groups is 1. The van der Waals surface area contributed by atoms with Gasteiger partial charge in [0.2, 0.25) is 0 Å². The minimum atomic E-state index is -0.874. The number of nitrogens with two attached hydrogens (primary N) is 1. The first-order valence-electron chi connectivity index (χ1n) is 3.12. The van der Waals surface area contributed by atoms with Crippen molar-refractivity contribution in [1.82, 2.24) is 0 Å². The van der Waals surface area contributed by atoms with Crippen molar-refractivity contribution in [3.63, 3.8) is 0 Å². The van der Waals surface area contributed by atoms with Gasteiger partial charge in [-0.1, -0.05) is 18.7 Å². The Morgan fingerprint density at radius 1 is 1.64 bits per heavy atom. The second kappa shape index (κ2) is 5.29. The maximum Gasteiger partial charge on any atom is 0.307 e. The molecular weight excluding hydrogens is 142 g/mol. The first-order chi connectivity index (χ1) is 5.20. The summed E-state index contributed by atoms with van der Waals surface area (Å²) in [5, 5.41) is 8.37. The zero-order valence-electron chi connectivity index (χ0n) is 6.16. The highest BCUT2D eigenvalue weighted by molar-refractivity contribution is 5.71. The molecule has 0 aliphatic rings. The molecular formula is C8H11NO2. The zero-order valence-corrected chi connectivity index (χ0v) is 6.16. The van der Waals surface area contributed by atoms with Crippen molar-refractivity contribution in [2.75, 3.05) is 0 Å². The van der Waals surface area contributed by atoms with Gasteiger partial charge in [0.25, 0.3) is 0 Å². The highest BCUT2D eigenvalue weighted by Gasteiger charge is 1.97. The third kappa shape index (κ3) is 4.96. The second-order valence-corrected chi connectivity index (χ2v) is 1.90. The molecule has 0 fully saturated rings. The Morgan fingerprint density at radius 3 is 2.64 bits per heavy atom. The highest BCUT2D eigenvalue weighted by Crippen LogP contribution is 2.01. The second-order valence-electron chi connectivity index (χ2n) is 1.90. The van der Waals surface area contributed by atoms with Crippen LogP contribution in [-0.4, -0.2) is 11.1 Å². The molecule has 0 aromatic carbocycles. The van der Waals surface area contributed by atoms with E-state index in [-0.39, 0.29) is 6.42 Å². The summed E-state index contributed by atoms with van der Waals surface area (Å²) in [6, 6.07) is 0. The predicted octanol–water partition coefficient (Wildman–Crippen LogP) is 1.05. The number of allylic oxidation sites excluding steroid dienone is 3. The van der Waals surface area contributed by atoms with Crippen molar-refractivity contribution >= 4 is 5.97 Å². The lowest BCUT2D eigenvalue weighted by atomic mass is 10.2. The predicted molar refractivity (Wildman–Crippen MR) is 43.9 cm³/mol. The van der Waals surface area contributed by atoms with Gasteiger partial charge in [0, 0.05) is 0 Å². The molecule has 0 heterocycles. The Bertz CT molecular complexity index is 204. The van der Waals surface area contributed by atoms with Crippen LogP contribution in [0.5, 0.6) is 0 Å². The number of carboxylic acid groups (broad SMARTS) is 1. The summed E-state index contributed by atoms with van der Waals surface area (Å²) in [5.74, 6) is -0.874. The van der Waals surface area contributed by atoms with Gasteiger partial charge in [0.1, 0.15) is 0 Å². The molecule has 0 atom stereocenters. The van der Waals surface area contributed by atoms with E-state index >= 15 is 0 Å². The monoisotopic (exact) mass is 153 g/mol. The molecule has 0 radical (unpaired) electrons. The minimum absolute atomic E-state index is 0.0200. The Kier molecular flexibility index (Phi) is 4.56. The molecule has 0 aliphatic carbocycles. The maximum atomic E-state index is 10.2. The van der Waals surface area contributed by atoms with Crippen molar-refractivity contribution in [1.29, 1.82) is 0 Å². The Labute approximate surface area is 65.5 Å². The van der Waals surface area contributed by atoms with Gasteiger partial charge in [-0.15, -0.1) is 0 Å². The summed E-state index contributed by atoms with van der Waals surface area (Å²) in [5.41, 5.74) is 5.69. The molecule has 11 heavy (non-hydrogen) atoms. The van der Waals surface area contributed by atoms with Crippen LogP contribution in [0.4, 0.5) is 0 Å². The number of hydrogen-bond acceptors (Lipinski definition) is 2. The quantitative estimate of drug-likeness (QED) is 0.593. The number of hydrogen-bond donors (Lipinski definition) is 2. The molecule has 0 saturated heterocycles. The summed E-state index contributed by atoms with van der Waals surface area (Å²) in [7, 11) is 0. The van der Waals surface area contributed by atoms with Gasteiger partial charge in [-0.05, 0) is 17.8 Å². The normalized spacial score (nSPS) is 11.8. The molecule has 0 bridgehead atoms. The largest absolute Gasteiger partial charge is 0.481 e. The topological polar surface area (TPSA) is 63.3 Å². The van der Waals surface area contributed by atoms with Gasteiger partial charge < -0.3 is 10.8 Å². The van der Waals surface area contributed by atoms with Gasteiger partial charge in [-0.2, -0.15) is 0 Å². The maximum absolute atomic E-state index is 10.2. The molecule has 3 nitrogen and oxygen atoms in total. The molecule has 0 amide bonds. The molecule has 3 heteroatoms. The number of aliphatic carboxylic acids is 1. The van der Waals surface area contributed by atoms with Crippen LogP contribution in [0, 0.1) is 0 Å². The van der Waals surface area contributed by atoms with Crippen molar-refractivity contribution in [3.05, 3.63) is 36.6 Å². The van der Waals surface area contributed by atoms with E-state index in [4.69, 9.17) is 10.8 Å². The Hall–Kier alpha value is -1.51. The van der Waals surface area contributed by atoms with Crippen LogP contribution < -0.4 is 5.73 Å². The van der Waals surface area contributed by atoms with Crippen LogP contribution in [0.15, 0.2) is 36.6 Å². The van der Waals surface area contributed by atoms with E-state index in [1.165, 1.54) is 12.3 Å². The van der Waals surface area contributed by atoms with Crippen LogP contribution in [0.2, 0.25) is 0 Å². The van der Waals surface area contributed by atoms with E-state index in [2.05, 4.69) is 6.58 Å². The first kappa shape index (κ1) is 9.49. The lowest BCUT2D eigenvalue weighted by Crippen LogP contribution is -1.94. The third-order valence-electron chi connectivity index (χ3n) is 1.04. The third-order valence-corrected chi connectivity index (χ3v) is 1.04. The summed E-state index contributed by atoms with van der Waals surface area (Å²) in [6.45, 7) is 3.46. The van der Waals surface area contributed by atoms with E-state index in [1.807, 2.05) is 0 Å². The number of carboxylic acids is 1. The molecule has 0 aliphatic heterocycles. The van der Waals surface area contributed by atoms with E-state index in [0.717, 1.165) is 0 Å². The van der Waals surface area contributed by atoms with Crippen molar-refractivity contribution < 1.29 is 9.90 Å². The minimum Gasteiger partial charge on any atom is -0.481 e. The summed E-state index contributed by atoms with van der Waals surface area (Å²) in [6.07, 6.45) is 5.99. The van der Waals surface area contributed by atoms with Gasteiger partial charge in [-0.25, -0.2) is 0 Å². The molecule has 0 aromatic rings. The van der Waals surface area contributed by atoms with E-state index in [9.17, 15) is 4.79 Å². The van der Waals surface area contributed by atoms with E-state index < -0.39 is 5.97 Å². The molecule has 0 aromatic heterocycles. The summed E-state index contributed by atoms with van der Waals surface area (Å²) >= 11 is 0. The molecule has 0 saturated carbocycles. The molecule has 60 valence electrons. The summed E-state index contributed by atoms with van der Waals surface area (Å²) in [4.78, 5) is 10.2. The highest BCUT2D eigenvalue weighted by atomic mass is 16.4. The van der Waals surface area contributed by atoms with Crippen LogP contribution in [0.3, 0.4) is 0 Å². The van der Waals surface area contributed by atoms with E-state index in [0.29, 0.717) is 5.57 Å². The molecule has 0 spiro atoms. The van der Waals surface area contributed by atoms with Crippen molar-refractivity contribution in [2.45, 2.75) is 6.42 Å². The summed E-state index contributed by atoms with van der Waals surface area (Å²) < 4.78 is 0. The fourth-order valence-corrected chi connectivity index (χ4v) is 0.553. The first-order valence-corrected chi connectivity index (χ1v) is 3.12. The molecule has 3 N–H and O–H groups in total. The van der Waals surface area contributed by atoms with E-state index in [1.54, 1.807) is 12.2 Å². The molecule has 0 rings (SSSR count). The Morgan fingerprint density at radius 2 is 2.27 bits per heavy atom. The number of rotatable bonds is 4. The van der Waals surface area contributed by atoms with Crippen LogP contribution >= 0.6 is 0 Å². The Balaban J connectivity index is 4.15. The van der Waals surface area contributed by atoms with Gasteiger partial charge in [0.15, 0.2) is 0 Å². The lowest BCUT2D eigenvalue weighted by Gasteiger charge is -1.92. The van der Waals surface area contributed by atoms with Crippen LogP contribution in [-0.2, 0) is 4.79 Å². The van der Waals surface area contributed by atoms with Gasteiger partial charge in [0.05, 0.1) is 6.42 Å². The fraction of sp³-hybridized carbons (Fsp3) is 0.125. The smallest absolute Gasteiger partial charge is 0.307 e. The SMILES string of the molecule is C=C/C(=C\C=C\N)CC(=O)O. The lowest BCUT2D eigenvalue weighted by molar-refractivity contribution is -0.136. The van der Waals surface area contributed by atoms with Crippen LogP contribution in [0.25, 0.3) is 0 Å². The van der Waals surface area contributed by atoms with Crippen molar-refractivity contribution in [2.24, 2.45) is 5.73 Å². The zero-order chi connectivity index (χ0) is 8.69. The van der Waals surface area contributed by atoms with Gasteiger partial charge >= 0.3 is 5.97 Å². The van der Waals surface area contributed by atoms with Crippen molar-refractivity contribution in [3.8, 4) is 0 Å². The fourth-order valence-electron chi connectivity index (χ4n) is 0.553.